The summed E-state index contributed by atoms with van der Waals surface area (Å²) in [6, 6.07) is 16.1. The van der Waals surface area contributed by atoms with Crippen molar-refractivity contribution in [2.24, 2.45) is 0 Å². The van der Waals surface area contributed by atoms with Gasteiger partial charge in [-0.3, -0.25) is 9.88 Å². The quantitative estimate of drug-likeness (QED) is 0.399. The number of benzene rings is 2. The minimum atomic E-state index is 0.716. The lowest BCUT2D eigenvalue weighted by atomic mass is 9.98. The summed E-state index contributed by atoms with van der Waals surface area (Å²) in [6.45, 7) is 4.56. The van der Waals surface area contributed by atoms with E-state index in [2.05, 4.69) is 27.0 Å². The van der Waals surface area contributed by atoms with Gasteiger partial charge in [-0.05, 0) is 42.0 Å². The normalized spacial score (nSPS) is 14.9. The van der Waals surface area contributed by atoms with E-state index in [1.165, 1.54) is 11.3 Å². The van der Waals surface area contributed by atoms with Gasteiger partial charge in [-0.2, -0.15) is 0 Å². The molecule has 158 valence electrons. The number of hydrogen-bond donors (Lipinski definition) is 1. The molecule has 5 rings (SSSR count). The van der Waals surface area contributed by atoms with E-state index in [9.17, 15) is 0 Å². The molecular weight excluding hydrogens is 429 g/mol. The minimum Gasteiger partial charge on any atom is -0.379 e. The molecule has 4 aromatic rings. The number of nitrogens with zero attached hydrogens (tertiary/aromatic N) is 2. The number of halogens is 2. The van der Waals surface area contributed by atoms with Gasteiger partial charge in [-0.1, -0.05) is 35.3 Å². The van der Waals surface area contributed by atoms with Crippen molar-refractivity contribution in [2.75, 3.05) is 32.8 Å². The Labute approximate surface area is 191 Å². The van der Waals surface area contributed by atoms with Crippen LogP contribution in [0.15, 0.2) is 60.9 Å². The minimum absolute atomic E-state index is 0.716. The lowest BCUT2D eigenvalue weighted by Gasteiger charge is -2.26. The van der Waals surface area contributed by atoms with Crippen LogP contribution in [-0.4, -0.2) is 47.7 Å². The van der Waals surface area contributed by atoms with E-state index in [0.29, 0.717) is 5.02 Å². The zero-order chi connectivity index (χ0) is 21.2. The van der Waals surface area contributed by atoms with Crippen LogP contribution >= 0.6 is 23.2 Å². The third-order valence-electron chi connectivity index (χ3n) is 5.80. The topological polar surface area (TPSA) is 41.2 Å². The summed E-state index contributed by atoms with van der Waals surface area (Å²) in [5.41, 5.74) is 6.62. The predicted molar refractivity (Wildman–Crippen MR) is 128 cm³/mol. The van der Waals surface area contributed by atoms with Crippen molar-refractivity contribution >= 4 is 34.1 Å². The zero-order valence-corrected chi connectivity index (χ0v) is 18.6. The van der Waals surface area contributed by atoms with Crippen LogP contribution in [0.5, 0.6) is 0 Å². The maximum Gasteiger partial charge on any atom is 0.0594 e. The van der Waals surface area contributed by atoms with Gasteiger partial charge in [0.05, 0.1) is 13.2 Å². The summed E-state index contributed by atoms with van der Waals surface area (Å²) in [5.74, 6) is 0. The van der Waals surface area contributed by atoms with Crippen LogP contribution in [0.2, 0.25) is 10.0 Å². The molecule has 31 heavy (non-hydrogen) atoms. The average molecular weight is 452 g/mol. The van der Waals surface area contributed by atoms with E-state index in [1.54, 1.807) is 0 Å². The highest BCUT2D eigenvalue weighted by Gasteiger charge is 2.17. The number of morpholine rings is 1. The molecule has 0 bridgehead atoms. The molecule has 1 aliphatic heterocycles. The molecule has 0 atom stereocenters. The van der Waals surface area contributed by atoms with E-state index >= 15 is 0 Å². The fourth-order valence-corrected chi connectivity index (χ4v) is 4.60. The zero-order valence-electron chi connectivity index (χ0n) is 17.1. The predicted octanol–water partition coefficient (Wildman–Crippen LogP) is 6.08. The standard InChI is InChI=1S/C25H23Cl2N3O/c26-20-3-1-2-17(13-20)18-12-19(16-28-15-18)25-22-14-21(27)4-5-23(22)29-24(25)6-7-30-8-10-31-11-9-30/h1-5,12-16,29H,6-11H2. The van der Waals surface area contributed by atoms with Gasteiger partial charge in [0.1, 0.15) is 0 Å². The van der Waals surface area contributed by atoms with Crippen molar-refractivity contribution in [1.82, 2.24) is 14.9 Å². The van der Waals surface area contributed by atoms with Crippen molar-refractivity contribution in [3.63, 3.8) is 0 Å². The average Bonchev–Trinajstić information content (AvgIpc) is 3.16. The Kier molecular flexibility index (Phi) is 5.97. The molecular formula is C25H23Cl2N3O. The molecule has 2 aromatic carbocycles. The van der Waals surface area contributed by atoms with E-state index in [-0.39, 0.29) is 0 Å². The van der Waals surface area contributed by atoms with Crippen molar-refractivity contribution in [3.8, 4) is 22.3 Å². The van der Waals surface area contributed by atoms with Gasteiger partial charge >= 0.3 is 0 Å². The Bertz CT molecular complexity index is 1210. The van der Waals surface area contributed by atoms with E-state index < -0.39 is 0 Å². The van der Waals surface area contributed by atoms with E-state index in [4.69, 9.17) is 27.9 Å². The molecule has 0 spiro atoms. The fourth-order valence-electron chi connectivity index (χ4n) is 4.23. The van der Waals surface area contributed by atoms with E-state index in [1.807, 2.05) is 48.8 Å². The second-order valence-electron chi connectivity index (χ2n) is 7.85. The highest BCUT2D eigenvalue weighted by Crippen LogP contribution is 2.36. The third-order valence-corrected chi connectivity index (χ3v) is 6.28. The van der Waals surface area contributed by atoms with Crippen LogP contribution in [0, 0.1) is 0 Å². The van der Waals surface area contributed by atoms with Gasteiger partial charge in [0, 0.05) is 81.8 Å². The van der Waals surface area contributed by atoms with Crippen molar-refractivity contribution in [3.05, 3.63) is 76.7 Å². The lowest BCUT2D eigenvalue weighted by Crippen LogP contribution is -2.37. The smallest absolute Gasteiger partial charge is 0.0594 e. The molecule has 0 radical (unpaired) electrons. The fraction of sp³-hybridized carbons (Fsp3) is 0.240. The van der Waals surface area contributed by atoms with Crippen LogP contribution in [-0.2, 0) is 11.2 Å². The summed E-state index contributed by atoms with van der Waals surface area (Å²) in [4.78, 5) is 10.6. The molecule has 1 saturated heterocycles. The second-order valence-corrected chi connectivity index (χ2v) is 8.72. The van der Waals surface area contributed by atoms with Gasteiger partial charge in [0.15, 0.2) is 0 Å². The molecule has 6 heteroatoms. The number of hydrogen-bond acceptors (Lipinski definition) is 3. The number of aromatic nitrogens is 2. The maximum atomic E-state index is 6.36. The molecule has 1 fully saturated rings. The first-order valence-corrected chi connectivity index (χ1v) is 11.2. The summed E-state index contributed by atoms with van der Waals surface area (Å²) in [5, 5.41) is 2.56. The summed E-state index contributed by atoms with van der Waals surface area (Å²) in [6.07, 6.45) is 4.73. The lowest BCUT2D eigenvalue weighted by molar-refractivity contribution is 0.0384. The number of ether oxygens (including phenoxy) is 1. The first-order chi connectivity index (χ1) is 15.2. The first kappa shape index (κ1) is 20.5. The molecule has 0 unspecified atom stereocenters. The molecule has 1 N–H and O–H groups in total. The number of nitrogens with one attached hydrogen (secondary N) is 1. The van der Waals surface area contributed by atoms with Crippen molar-refractivity contribution in [1.29, 1.82) is 0 Å². The van der Waals surface area contributed by atoms with Crippen LogP contribution in [0.4, 0.5) is 0 Å². The van der Waals surface area contributed by atoms with Gasteiger partial charge in [-0.15, -0.1) is 0 Å². The van der Waals surface area contributed by atoms with Gasteiger partial charge in [0.25, 0.3) is 0 Å². The molecule has 0 saturated carbocycles. The van der Waals surface area contributed by atoms with Gasteiger partial charge < -0.3 is 9.72 Å². The third kappa shape index (κ3) is 4.48. The maximum absolute atomic E-state index is 6.36. The molecule has 1 aliphatic rings. The van der Waals surface area contributed by atoms with Crippen LogP contribution in [0.1, 0.15) is 5.69 Å². The SMILES string of the molecule is Clc1cccc(-c2cncc(-c3c(CCN4CCOCC4)[nH]c4ccc(Cl)cc34)c2)c1. The molecule has 0 aliphatic carbocycles. The molecule has 4 nitrogen and oxygen atoms in total. The summed E-state index contributed by atoms with van der Waals surface area (Å²) in [7, 11) is 0. The van der Waals surface area contributed by atoms with Crippen molar-refractivity contribution in [2.45, 2.75) is 6.42 Å². The number of rotatable bonds is 5. The number of pyridine rings is 1. The van der Waals surface area contributed by atoms with Crippen molar-refractivity contribution < 1.29 is 4.74 Å². The Morgan fingerprint density at radius 1 is 0.903 bits per heavy atom. The van der Waals surface area contributed by atoms with Crippen LogP contribution < -0.4 is 0 Å². The Balaban J connectivity index is 1.56. The number of aromatic amines is 1. The second kappa shape index (κ2) is 9.01. The number of fused-ring (bicyclic) bond motifs is 1. The highest BCUT2D eigenvalue weighted by molar-refractivity contribution is 6.31. The van der Waals surface area contributed by atoms with Crippen LogP contribution in [0.25, 0.3) is 33.2 Å². The van der Waals surface area contributed by atoms with Crippen LogP contribution in [0.3, 0.4) is 0 Å². The molecule has 2 aromatic heterocycles. The Morgan fingerprint density at radius 3 is 2.55 bits per heavy atom. The summed E-state index contributed by atoms with van der Waals surface area (Å²) >= 11 is 12.6. The van der Waals surface area contributed by atoms with Gasteiger partial charge in [0.2, 0.25) is 0 Å². The highest BCUT2D eigenvalue weighted by atomic mass is 35.5. The summed E-state index contributed by atoms with van der Waals surface area (Å²) < 4.78 is 5.49. The number of H-pyrrole nitrogens is 1. The largest absolute Gasteiger partial charge is 0.379 e. The first-order valence-electron chi connectivity index (χ1n) is 10.5. The van der Waals surface area contributed by atoms with Gasteiger partial charge in [-0.25, -0.2) is 0 Å². The Morgan fingerprint density at radius 2 is 1.71 bits per heavy atom. The monoisotopic (exact) mass is 451 g/mol. The molecule has 0 amide bonds. The van der Waals surface area contributed by atoms with E-state index in [0.717, 1.165) is 71.9 Å². The Hall–Kier alpha value is -2.37. The molecule has 3 heterocycles.